The van der Waals surface area contributed by atoms with Crippen molar-refractivity contribution in [1.29, 1.82) is 10.8 Å². The van der Waals surface area contributed by atoms with Crippen LogP contribution in [0, 0.1) is 34.5 Å². The third kappa shape index (κ3) is 41.5. The molecule has 0 aliphatic heterocycles. The fraction of sp³-hybridized carbons (Fsp3) is 0.590. The topological polar surface area (TPSA) is 765 Å². The second kappa shape index (κ2) is 57.4. The number of carbonyl (C=O) groups excluding carboxylic acids is 16. The van der Waals surface area contributed by atoms with Gasteiger partial charge >= 0.3 is 11.9 Å². The number of aliphatic carboxylic acids is 2. The number of rotatable bonds is 59. The number of phenolic OH excluding ortho intramolecular Hbond substituents is 1. The number of aliphatic hydroxyl groups excluding tert-OH is 2. The lowest BCUT2D eigenvalue weighted by Crippen LogP contribution is -2.62. The monoisotopic (exact) mass is 1820 g/mol. The average Bonchev–Trinajstić information content (AvgIpc) is 0.833. The first-order valence-corrected chi connectivity index (χ1v) is 41.9. The van der Waals surface area contributed by atoms with E-state index in [2.05, 4.69) is 116 Å². The summed E-state index contributed by atoms with van der Waals surface area (Å²) < 4.78 is 0. The maximum atomic E-state index is 14.3. The smallest absolute Gasteiger partial charge is 0.326 e. The Morgan fingerprint density at radius 1 is 0.397 bits per heavy atom. The summed E-state index contributed by atoms with van der Waals surface area (Å²) in [7, 11) is 0. The van der Waals surface area contributed by atoms with Crippen LogP contribution in [-0.2, 0) is 99.1 Å². The minimum atomic E-state index is -1.94. The van der Waals surface area contributed by atoms with E-state index in [-0.39, 0.29) is 75.7 Å². The summed E-state index contributed by atoms with van der Waals surface area (Å²) in [6.45, 7) is 9.01. The number of nitrogens with one attached hydrogen (secondary N) is 19. The zero-order chi connectivity index (χ0) is 95.2. The number of primary amides is 1. The highest BCUT2D eigenvalue weighted by Gasteiger charge is 2.39. The maximum Gasteiger partial charge on any atom is 0.326 e. The van der Waals surface area contributed by atoms with Gasteiger partial charge in [0.25, 0.3) is 0 Å². The molecule has 46 nitrogen and oxygen atoms in total. The number of nitrogens with two attached hydrogens (primary N) is 4. The highest BCUT2D eigenvalue weighted by atomic mass is 32.1. The standard InChI is InChI=1S/C78H125N23O23S2/c1-9-41(8)62(101-68(115)47(18-14-28-86-78(83)84)91-63(110)45(79)29-38(2)3)75(122)100-61(40(6)7)74(121)94-49(23-25-56(80)105)67(114)98-55(37-126)72(119)92-46(17-13-27-85-77(81)82)66(113)96-53(35-103)71(118)99-60(39(4)5)73(120)93-48(24-26-59(108)109)64(111)87-33-58(107)90-52(34-102)70(117)97-54(36-125)65(112)88-32-57(106)89-50(30-42-15-11-10-12-16-42)69(116)95-51(76(123)124)31-43-19-21-44(104)22-20-43/h10-12,15-16,19-22,38-41,45-55,60-62,102-104,125-126H,9,13-14,17-18,23-37,79H2,1-8H3,(H2,80,105)(H,87,111)(H,88,112)(H,89,106)(H,90,107)(H,91,110)(H,92,119)(H,93,120)(H,94,121)(H,95,116)(H,96,113)(H,97,117)(H,98,114)(H,99,118)(H,100,122)(H,101,115)(H,108,109)(H,123,124)(H4,81,82,85)(H4,83,84,86). The Labute approximate surface area is 739 Å². The summed E-state index contributed by atoms with van der Waals surface area (Å²) in [5.74, 6) is -23.2. The molecule has 0 bridgehead atoms. The van der Waals surface area contributed by atoms with Crippen molar-refractivity contribution in [3.63, 3.8) is 0 Å². The molecule has 0 aliphatic carbocycles. The number of thiol groups is 2. The Kier molecular flexibility index (Phi) is 50.0. The largest absolute Gasteiger partial charge is 0.508 e. The second-order valence-electron chi connectivity index (χ2n) is 30.8. The van der Waals surface area contributed by atoms with Gasteiger partial charge in [-0.2, -0.15) is 25.3 Å². The van der Waals surface area contributed by atoms with Crippen molar-refractivity contribution < 1.29 is 112 Å². The number of phenols is 1. The molecule has 0 aliphatic rings. The Hall–Kier alpha value is -12.2. The molecule has 2 aromatic rings. The predicted molar refractivity (Wildman–Crippen MR) is 463 cm³/mol. The Bertz CT molecular complexity index is 4040. The lowest BCUT2D eigenvalue weighted by atomic mass is 9.95. The van der Waals surface area contributed by atoms with Crippen molar-refractivity contribution in [3.8, 4) is 5.75 Å². The van der Waals surface area contributed by atoms with Crippen molar-refractivity contribution in [2.45, 2.75) is 217 Å². The van der Waals surface area contributed by atoms with E-state index in [0.717, 1.165) is 0 Å². The number of carboxylic acid groups (broad SMARTS) is 2. The highest BCUT2D eigenvalue weighted by molar-refractivity contribution is 7.80. The van der Waals surface area contributed by atoms with Gasteiger partial charge in [-0.25, -0.2) is 4.79 Å². The van der Waals surface area contributed by atoms with Crippen LogP contribution in [0.1, 0.15) is 131 Å². The lowest BCUT2D eigenvalue weighted by Gasteiger charge is -2.30. The van der Waals surface area contributed by atoms with E-state index in [1.54, 1.807) is 58.0 Å². The summed E-state index contributed by atoms with van der Waals surface area (Å²) in [5.41, 5.74) is 23.5. The minimum absolute atomic E-state index is 0.0166. The van der Waals surface area contributed by atoms with Crippen LogP contribution in [0.15, 0.2) is 54.6 Å². The fourth-order valence-corrected chi connectivity index (χ4v) is 12.5. The van der Waals surface area contributed by atoms with E-state index in [0.29, 0.717) is 17.5 Å². The molecule has 0 aromatic heterocycles. The van der Waals surface area contributed by atoms with Gasteiger partial charge in [0, 0.05) is 50.3 Å². The second-order valence-corrected chi connectivity index (χ2v) is 31.5. The molecule has 16 amide bonds. The van der Waals surface area contributed by atoms with Gasteiger partial charge in [0.15, 0.2) is 11.9 Å². The Morgan fingerprint density at radius 2 is 0.746 bits per heavy atom. The highest BCUT2D eigenvalue weighted by Crippen LogP contribution is 2.17. The predicted octanol–water partition coefficient (Wildman–Crippen LogP) is -7.97. The number of aliphatic hydroxyl groups is 2. The third-order valence-electron chi connectivity index (χ3n) is 19.2. The van der Waals surface area contributed by atoms with Crippen LogP contribution in [-0.4, -0.2) is 279 Å². The van der Waals surface area contributed by atoms with Crippen molar-refractivity contribution in [2.75, 3.05) is 50.9 Å². The third-order valence-corrected chi connectivity index (χ3v) is 20.0. The zero-order valence-electron chi connectivity index (χ0n) is 71.5. The summed E-state index contributed by atoms with van der Waals surface area (Å²) in [5, 5.41) is 106. The molecule has 126 heavy (non-hydrogen) atoms. The van der Waals surface area contributed by atoms with Crippen LogP contribution in [0.25, 0.3) is 0 Å². The van der Waals surface area contributed by atoms with Crippen LogP contribution >= 0.6 is 25.3 Å². The van der Waals surface area contributed by atoms with Gasteiger partial charge in [-0.1, -0.05) is 104 Å². The molecular weight excluding hydrogens is 1690 g/mol. The number of guanidine groups is 2. The van der Waals surface area contributed by atoms with Crippen molar-refractivity contribution in [3.05, 3.63) is 65.7 Å². The summed E-state index contributed by atoms with van der Waals surface area (Å²) in [6.07, 6.45) is -2.25. The SMILES string of the molecule is CCC(C)C(NC(=O)C(CCCNC(=N)N)NC(=O)C(N)CC(C)C)C(=O)NC(C(=O)NC(CCC(N)=O)C(=O)NC(CS)C(=O)NC(CCCNC(=N)N)C(=O)NC(CO)C(=O)NC(C(=O)NC(CCC(=O)O)C(=O)NCC(=O)NC(CO)C(=O)NC(CS)C(=O)NCC(=O)NC(Cc1ccccc1)C(=O)NC(Cc1ccc(O)cc1)C(=O)O)C(C)C)C(C)C. The first kappa shape index (κ1) is 110. The lowest BCUT2D eigenvalue weighted by molar-refractivity contribution is -0.142. The van der Waals surface area contributed by atoms with E-state index >= 15 is 0 Å². The zero-order valence-corrected chi connectivity index (χ0v) is 73.3. The number of carboxylic acids is 2. The maximum absolute atomic E-state index is 14.3. The Balaban J connectivity index is 2.29. The molecular formula is C78H125N23O23S2. The fourth-order valence-electron chi connectivity index (χ4n) is 12.0. The molecule has 0 saturated heterocycles. The van der Waals surface area contributed by atoms with Gasteiger partial charge in [-0.05, 0) is 91.9 Å². The van der Waals surface area contributed by atoms with Gasteiger partial charge in [0.1, 0.15) is 84.3 Å². The van der Waals surface area contributed by atoms with Crippen molar-refractivity contribution in [2.24, 2.45) is 46.6 Å². The Morgan fingerprint density at radius 3 is 1.20 bits per heavy atom. The molecule has 0 spiro atoms. The average molecular weight is 1820 g/mol. The van der Waals surface area contributed by atoms with Crippen LogP contribution in [0.5, 0.6) is 5.75 Å². The molecule has 15 unspecified atom stereocenters. The number of aromatic hydroxyl groups is 1. The molecule has 32 N–H and O–H groups in total. The van der Waals surface area contributed by atoms with Crippen LogP contribution in [0.3, 0.4) is 0 Å². The molecule has 15 atom stereocenters. The van der Waals surface area contributed by atoms with E-state index in [1.165, 1.54) is 38.1 Å². The number of carbonyl (C=O) groups is 18. The molecule has 0 saturated carbocycles. The molecule has 0 fully saturated rings. The summed E-state index contributed by atoms with van der Waals surface area (Å²) in [4.78, 5) is 244. The van der Waals surface area contributed by atoms with Crippen molar-refractivity contribution in [1.82, 2.24) is 90.4 Å². The quantitative estimate of drug-likeness (QED) is 0.0127. The summed E-state index contributed by atoms with van der Waals surface area (Å²) >= 11 is 8.34. The first-order chi connectivity index (χ1) is 59.3. The summed E-state index contributed by atoms with van der Waals surface area (Å²) in [6, 6.07) is -7.75. The van der Waals surface area contributed by atoms with Crippen LogP contribution in [0.4, 0.5) is 0 Å². The van der Waals surface area contributed by atoms with E-state index in [1.807, 2.05) is 13.8 Å². The minimum Gasteiger partial charge on any atom is -0.508 e. The van der Waals surface area contributed by atoms with Crippen molar-refractivity contribution >= 4 is 144 Å². The molecule has 0 heterocycles. The van der Waals surface area contributed by atoms with Crippen LogP contribution in [0.2, 0.25) is 0 Å². The van der Waals surface area contributed by atoms with Gasteiger partial charge in [-0.15, -0.1) is 0 Å². The number of hydrogen-bond acceptors (Lipinski definition) is 26. The van der Waals surface area contributed by atoms with Gasteiger partial charge < -0.3 is 139 Å². The molecule has 48 heteroatoms. The van der Waals surface area contributed by atoms with Gasteiger partial charge in [0.05, 0.1) is 32.3 Å². The van der Waals surface area contributed by atoms with E-state index < -0.39 is 278 Å². The van der Waals surface area contributed by atoms with E-state index in [9.17, 15) is 112 Å². The first-order valence-electron chi connectivity index (χ1n) is 40.7. The molecule has 0 radical (unpaired) electrons. The normalized spacial score (nSPS) is 14.6. The number of benzene rings is 2. The molecule has 2 aromatic carbocycles. The number of amides is 16. The van der Waals surface area contributed by atoms with Gasteiger partial charge in [-0.3, -0.25) is 92.3 Å². The molecule has 2 rings (SSSR count). The number of hydrogen-bond donors (Lipinski definition) is 30. The molecule has 702 valence electrons. The van der Waals surface area contributed by atoms with Crippen LogP contribution < -0.4 is 113 Å². The van der Waals surface area contributed by atoms with E-state index in [4.69, 9.17) is 33.8 Å². The van der Waals surface area contributed by atoms with Gasteiger partial charge in [0.2, 0.25) is 94.5 Å².